The first-order chi connectivity index (χ1) is 41.8. The van der Waals surface area contributed by atoms with Crippen molar-refractivity contribution >= 4 is 46.6 Å². The third kappa shape index (κ3) is 18.3. The first-order valence-corrected chi connectivity index (χ1v) is 30.1. The van der Waals surface area contributed by atoms with E-state index in [1.165, 1.54) is 37.6 Å². The highest BCUT2D eigenvalue weighted by atomic mass is 35.5. The number of β-amino-alcohol motifs (C(OH)–C–C–N with tert-alkyl or cyclic N) is 1. The SMILES string of the molecule is CC(=O)N1CCC(Nc2cc(C(=O)CC[C@H](O)CCl)ncn2)CC1.CC(=O)N1CCC(Nc2cc(C(=O)CC[C@H](O)CN3CCc4c(C)c(OCc5ocnc5C)cc(F)c4C3)ncn2)CC1.Cc1ncoc1COc1cc(F)c2c(c1C)CCNC2. The molecule has 468 valence electrons. The van der Waals surface area contributed by atoms with E-state index in [4.69, 9.17) is 29.9 Å². The van der Waals surface area contributed by atoms with Crippen molar-refractivity contribution in [1.82, 2.24) is 49.9 Å². The molecule has 0 radical (unpaired) electrons. The first-order valence-electron chi connectivity index (χ1n) is 29.6. The number of anilines is 2. The number of ketones is 2. The van der Waals surface area contributed by atoms with E-state index in [1.807, 2.05) is 42.4 Å². The van der Waals surface area contributed by atoms with Crippen LogP contribution in [-0.2, 0) is 48.7 Å². The quantitative estimate of drug-likeness (QED) is 0.0341. The van der Waals surface area contributed by atoms with Gasteiger partial charge >= 0.3 is 0 Å². The van der Waals surface area contributed by atoms with Crippen LogP contribution in [0.3, 0.4) is 0 Å². The van der Waals surface area contributed by atoms with Crippen molar-refractivity contribution in [3.8, 4) is 11.5 Å². The molecule has 2 fully saturated rings. The summed E-state index contributed by atoms with van der Waals surface area (Å²) in [6, 6.07) is 6.54. The van der Waals surface area contributed by atoms with Gasteiger partial charge in [0.05, 0.1) is 23.6 Å². The number of rotatable bonds is 21. The highest BCUT2D eigenvalue weighted by Gasteiger charge is 2.28. The number of Topliss-reactive ketones (excluding diaryl/α,β-unsaturated/α-hetero) is 2. The van der Waals surface area contributed by atoms with Crippen LogP contribution in [0.1, 0.15) is 142 Å². The Balaban J connectivity index is 0.000000187. The van der Waals surface area contributed by atoms with E-state index in [1.54, 1.807) is 26.0 Å². The average molecular weight is 1230 g/mol. The lowest BCUT2D eigenvalue weighted by Gasteiger charge is -2.32. The Hall–Kier alpha value is -7.51. The molecule has 6 aromatic rings. The molecule has 4 aliphatic rings. The topological polar surface area (TPSA) is 277 Å². The molecule has 87 heavy (non-hydrogen) atoms. The zero-order chi connectivity index (χ0) is 62.1. The number of halogens is 3. The summed E-state index contributed by atoms with van der Waals surface area (Å²) in [5, 5.41) is 30.0. The fraction of sp³-hybridized carbons (Fsp3) is 0.516. The molecule has 4 aliphatic heterocycles. The van der Waals surface area contributed by atoms with Gasteiger partial charge in [0.15, 0.2) is 35.9 Å². The van der Waals surface area contributed by atoms with Crippen LogP contribution in [0.5, 0.6) is 11.5 Å². The van der Waals surface area contributed by atoms with Gasteiger partial charge in [0.2, 0.25) is 11.8 Å². The predicted octanol–water partition coefficient (Wildman–Crippen LogP) is 7.72. The van der Waals surface area contributed by atoms with E-state index in [0.29, 0.717) is 104 Å². The third-order valence-corrected chi connectivity index (χ3v) is 16.7. The molecule has 22 nitrogen and oxygen atoms in total. The number of likely N-dealkylation sites (tertiary alicyclic amines) is 2. The molecular weight excluding hydrogens is 1150 g/mol. The summed E-state index contributed by atoms with van der Waals surface area (Å²) in [6.45, 7) is 16.9. The number of benzene rings is 2. The van der Waals surface area contributed by atoms with Gasteiger partial charge in [-0.25, -0.2) is 38.7 Å². The van der Waals surface area contributed by atoms with Crippen molar-refractivity contribution in [1.29, 1.82) is 0 Å². The number of aryl methyl sites for hydroxylation is 2. The molecule has 0 unspecified atom stereocenters. The Bertz CT molecular complexity index is 3310. The second-order valence-corrected chi connectivity index (χ2v) is 22.7. The fourth-order valence-corrected chi connectivity index (χ4v) is 11.1. The van der Waals surface area contributed by atoms with E-state index >= 15 is 4.39 Å². The van der Waals surface area contributed by atoms with Gasteiger partial charge in [-0.2, -0.15) is 0 Å². The Morgan fingerprint density at radius 2 is 1.13 bits per heavy atom. The lowest BCUT2D eigenvalue weighted by molar-refractivity contribution is -0.130. The van der Waals surface area contributed by atoms with E-state index in [2.05, 4.69) is 45.9 Å². The molecule has 2 aromatic carbocycles. The van der Waals surface area contributed by atoms with Crippen molar-refractivity contribution in [2.75, 3.05) is 62.3 Å². The lowest BCUT2D eigenvalue weighted by atomic mass is 9.93. The van der Waals surface area contributed by atoms with Crippen LogP contribution in [0.4, 0.5) is 20.4 Å². The average Bonchev–Trinajstić information content (AvgIpc) is 3.86. The summed E-state index contributed by atoms with van der Waals surface area (Å²) in [6.07, 6.45) is 9.74. The minimum absolute atomic E-state index is 0.0813. The number of aromatic nitrogens is 6. The molecule has 2 atom stereocenters. The fourth-order valence-electron chi connectivity index (χ4n) is 11.0. The van der Waals surface area contributed by atoms with Gasteiger partial charge in [-0.1, -0.05) is 0 Å². The molecule has 0 aliphatic carbocycles. The monoisotopic (exact) mass is 1220 g/mol. The highest BCUT2D eigenvalue weighted by molar-refractivity contribution is 6.18. The van der Waals surface area contributed by atoms with Gasteiger partial charge in [0.25, 0.3) is 0 Å². The van der Waals surface area contributed by atoms with Crippen LogP contribution >= 0.6 is 11.6 Å². The van der Waals surface area contributed by atoms with Gasteiger partial charge < -0.3 is 54.3 Å². The lowest BCUT2D eigenvalue weighted by Crippen LogP contribution is -2.41. The smallest absolute Gasteiger partial charge is 0.219 e. The zero-order valence-electron chi connectivity index (χ0n) is 50.3. The summed E-state index contributed by atoms with van der Waals surface area (Å²) in [4.78, 5) is 78.2. The molecule has 2 saturated heterocycles. The number of nitrogens with zero attached hydrogens (tertiary/aromatic N) is 9. The molecule has 0 bridgehead atoms. The Kier molecular flexibility index (Phi) is 23.6. The van der Waals surface area contributed by atoms with Gasteiger partial charge in [0, 0.05) is 132 Å². The van der Waals surface area contributed by atoms with Gasteiger partial charge in [-0.3, -0.25) is 24.1 Å². The third-order valence-electron chi connectivity index (χ3n) is 16.3. The summed E-state index contributed by atoms with van der Waals surface area (Å²) in [5.74, 6) is 2.96. The van der Waals surface area contributed by atoms with Crippen LogP contribution in [0.2, 0.25) is 0 Å². The van der Waals surface area contributed by atoms with E-state index in [0.717, 1.165) is 90.9 Å². The van der Waals surface area contributed by atoms with Crippen LogP contribution in [0.15, 0.2) is 58.5 Å². The molecular formula is C62H79ClF2N12O10. The Labute approximate surface area is 510 Å². The van der Waals surface area contributed by atoms with Gasteiger partial charge in [-0.15, -0.1) is 11.6 Å². The van der Waals surface area contributed by atoms with Crippen LogP contribution in [0.25, 0.3) is 0 Å². The van der Waals surface area contributed by atoms with Crippen molar-refractivity contribution < 1.29 is 56.5 Å². The van der Waals surface area contributed by atoms with E-state index in [9.17, 15) is 33.8 Å². The maximum Gasteiger partial charge on any atom is 0.219 e. The van der Waals surface area contributed by atoms with Gasteiger partial charge in [0.1, 0.15) is 72.0 Å². The maximum atomic E-state index is 15.2. The number of aliphatic hydroxyl groups is 2. The highest BCUT2D eigenvalue weighted by Crippen LogP contribution is 2.34. The van der Waals surface area contributed by atoms with Crippen LogP contribution in [0, 0.1) is 39.3 Å². The Morgan fingerprint density at radius 3 is 1.59 bits per heavy atom. The number of oxazole rings is 2. The number of piperidine rings is 2. The van der Waals surface area contributed by atoms with Gasteiger partial charge in [-0.05, 0) is 108 Å². The number of carbonyl (C=O) groups excluding carboxylic acids is 4. The second-order valence-electron chi connectivity index (χ2n) is 22.4. The summed E-state index contributed by atoms with van der Waals surface area (Å²) in [5.41, 5.74) is 7.45. The molecule has 0 saturated carbocycles. The van der Waals surface area contributed by atoms with Crippen LogP contribution in [-0.4, -0.2) is 154 Å². The van der Waals surface area contributed by atoms with Crippen molar-refractivity contribution in [2.24, 2.45) is 0 Å². The van der Waals surface area contributed by atoms with Crippen molar-refractivity contribution in [3.05, 3.63) is 129 Å². The number of amides is 2. The summed E-state index contributed by atoms with van der Waals surface area (Å²) < 4.78 is 51.4. The number of hydrogen-bond donors (Lipinski definition) is 5. The summed E-state index contributed by atoms with van der Waals surface area (Å²) in [7, 11) is 0. The molecule has 25 heteroatoms. The van der Waals surface area contributed by atoms with Crippen molar-refractivity contribution in [2.45, 2.75) is 156 Å². The minimum atomic E-state index is -0.742. The van der Waals surface area contributed by atoms with Crippen LogP contribution < -0.4 is 25.4 Å². The molecule has 2 amide bonds. The number of fused-ring (bicyclic) bond motifs is 2. The molecule has 0 spiro atoms. The molecule has 10 rings (SSSR count). The molecule has 5 N–H and O–H groups in total. The second kappa shape index (κ2) is 31.4. The predicted molar refractivity (Wildman–Crippen MR) is 320 cm³/mol. The standard InChI is InChI=1S/C31H39FN6O5.C16H23ClN4O3.C15H17FN2O2/c1-19-24-8-9-37(15-25(24)26(32)12-29(19)42-16-30-20(2)35-18-43-30)14-23(40)4-5-28(41)27-13-31(34-17-33-27)36-22-6-10-38(11-7-22)21(3)39;1-11(22)21-6-4-12(5-7-21)20-16-8-14(18-10-19-16)15(24)3-2-13(23)9-17;1-9-11-3-4-17-6-12(11)13(16)5-14(9)19-7-15-10(2)18-8-20-15/h12-13,17-18,22-23,40H,4-11,14-16H2,1-3H3,(H,33,34,36);8,10,12-13,23H,2-7,9H2,1H3,(H,18,19,20);5,8,17H,3-4,6-7H2,1-2H3/t23-;13-;/m00./s1. The number of hydrogen-bond acceptors (Lipinski definition) is 20. The number of carbonyl (C=O) groups is 4. The van der Waals surface area contributed by atoms with E-state index < -0.39 is 12.2 Å². The number of ether oxygens (including phenoxy) is 2. The summed E-state index contributed by atoms with van der Waals surface area (Å²) >= 11 is 5.52. The zero-order valence-corrected chi connectivity index (χ0v) is 51.1. The number of alkyl halides is 1. The first kappa shape index (κ1) is 65.5. The van der Waals surface area contributed by atoms with E-state index in [-0.39, 0.29) is 85.5 Å². The largest absolute Gasteiger partial charge is 0.485 e. The van der Waals surface area contributed by atoms with Crippen molar-refractivity contribution in [3.63, 3.8) is 0 Å². The molecule has 4 aromatic heterocycles. The Morgan fingerprint density at radius 1 is 0.655 bits per heavy atom. The molecule has 8 heterocycles. The number of aliphatic hydroxyl groups excluding tert-OH is 2. The normalized spacial score (nSPS) is 16.0. The number of nitrogens with one attached hydrogen (secondary N) is 3. The maximum absolute atomic E-state index is 15.2. The minimum Gasteiger partial charge on any atom is -0.485 e.